The molecule has 0 saturated heterocycles. The number of H-pyrrole nitrogens is 1. The van der Waals surface area contributed by atoms with E-state index in [4.69, 9.17) is 0 Å². The van der Waals surface area contributed by atoms with E-state index in [9.17, 15) is 0 Å². The Morgan fingerprint density at radius 3 is 2.02 bits per heavy atom. The van der Waals surface area contributed by atoms with Gasteiger partial charge in [-0.05, 0) is 75.8 Å². The minimum atomic E-state index is -0.0818. The summed E-state index contributed by atoms with van der Waals surface area (Å²) < 4.78 is 2.64. The van der Waals surface area contributed by atoms with Crippen molar-refractivity contribution in [1.29, 1.82) is 0 Å². The van der Waals surface area contributed by atoms with Crippen molar-refractivity contribution in [2.75, 3.05) is 4.90 Å². The number of fused-ring (bicyclic) bond motifs is 10. The summed E-state index contributed by atoms with van der Waals surface area (Å²) in [5, 5.41) is 5.16. The van der Waals surface area contributed by atoms with Gasteiger partial charge in [0.15, 0.2) is 0 Å². The lowest BCUT2D eigenvalue weighted by molar-refractivity contribution is 0.660. The Hall–Kier alpha value is -5.64. The molecule has 0 saturated carbocycles. The molecule has 2 aromatic heterocycles. The Bertz CT molecular complexity index is 2690. The van der Waals surface area contributed by atoms with E-state index in [2.05, 4.69) is 175 Å². The van der Waals surface area contributed by atoms with E-state index < -0.39 is 0 Å². The molecule has 0 fully saturated rings. The third-order valence-corrected chi connectivity index (χ3v) is 11.6. The number of anilines is 3. The first-order valence-corrected chi connectivity index (χ1v) is 17.4. The number of benzene rings is 7. The lowest BCUT2D eigenvalue weighted by Crippen LogP contribution is -2.16. The van der Waals surface area contributed by atoms with Crippen LogP contribution in [0.4, 0.5) is 17.1 Å². The number of rotatable bonds is 4. The van der Waals surface area contributed by atoms with Gasteiger partial charge in [0, 0.05) is 54.2 Å². The molecule has 1 aliphatic carbocycles. The molecular formula is C45H32N2S. The lowest BCUT2D eigenvalue weighted by atomic mass is 9.82. The summed E-state index contributed by atoms with van der Waals surface area (Å²) in [6, 6.07) is 55.7. The van der Waals surface area contributed by atoms with Crippen LogP contribution < -0.4 is 4.90 Å². The van der Waals surface area contributed by atoms with Crippen molar-refractivity contribution >= 4 is 70.4 Å². The second-order valence-corrected chi connectivity index (χ2v) is 14.5. The third kappa shape index (κ3) is 3.98. The van der Waals surface area contributed by atoms with Gasteiger partial charge in [0.1, 0.15) is 0 Å². The van der Waals surface area contributed by atoms with Crippen molar-refractivity contribution in [3.8, 4) is 22.3 Å². The number of nitrogens with one attached hydrogen (secondary N) is 1. The average molecular weight is 633 g/mol. The van der Waals surface area contributed by atoms with Gasteiger partial charge >= 0.3 is 0 Å². The Balaban J connectivity index is 1.16. The highest BCUT2D eigenvalue weighted by Crippen LogP contribution is 2.51. The van der Waals surface area contributed by atoms with Crippen LogP contribution in [0.25, 0.3) is 64.2 Å². The molecule has 3 heteroatoms. The molecule has 228 valence electrons. The van der Waals surface area contributed by atoms with Crippen LogP contribution in [0.3, 0.4) is 0 Å². The van der Waals surface area contributed by atoms with E-state index in [1.807, 2.05) is 11.3 Å². The fraction of sp³-hybridized carbons (Fsp3) is 0.0667. The van der Waals surface area contributed by atoms with Crippen molar-refractivity contribution < 1.29 is 0 Å². The summed E-state index contributed by atoms with van der Waals surface area (Å²) in [6.07, 6.45) is 0. The zero-order valence-corrected chi connectivity index (χ0v) is 27.6. The third-order valence-electron chi connectivity index (χ3n) is 10.4. The van der Waals surface area contributed by atoms with Crippen molar-refractivity contribution in [2.24, 2.45) is 0 Å². The molecule has 0 amide bonds. The van der Waals surface area contributed by atoms with Crippen LogP contribution in [-0.2, 0) is 5.41 Å². The second-order valence-electron chi connectivity index (χ2n) is 13.5. The Labute approximate surface area is 283 Å². The number of thiophene rings is 1. The summed E-state index contributed by atoms with van der Waals surface area (Å²) in [7, 11) is 0. The molecule has 2 nitrogen and oxygen atoms in total. The van der Waals surface area contributed by atoms with E-state index in [-0.39, 0.29) is 5.41 Å². The summed E-state index contributed by atoms with van der Waals surface area (Å²) >= 11 is 1.87. The van der Waals surface area contributed by atoms with Crippen LogP contribution in [-0.4, -0.2) is 4.98 Å². The molecule has 9 aromatic rings. The van der Waals surface area contributed by atoms with Gasteiger partial charge in [0.05, 0.1) is 10.2 Å². The Morgan fingerprint density at radius 2 is 1.15 bits per heavy atom. The van der Waals surface area contributed by atoms with Crippen LogP contribution in [0.2, 0.25) is 0 Å². The maximum absolute atomic E-state index is 3.86. The fourth-order valence-corrected chi connectivity index (χ4v) is 9.20. The van der Waals surface area contributed by atoms with Crippen molar-refractivity contribution in [3.05, 3.63) is 163 Å². The molecule has 2 heterocycles. The SMILES string of the molecule is CC1(C)c2ccccc2-c2ccc(N(c3ccc(-c4ccccc4)cc3)c3ccc4c(c3)[nH]c3c4ccc4c5ccccc5sc43)cc21. The molecule has 0 atom stereocenters. The van der Waals surface area contributed by atoms with Gasteiger partial charge in [0.2, 0.25) is 0 Å². The first kappa shape index (κ1) is 27.5. The molecule has 10 rings (SSSR count). The number of nitrogens with zero attached hydrogens (tertiary/aromatic N) is 1. The molecule has 0 radical (unpaired) electrons. The average Bonchev–Trinajstić information content (AvgIpc) is 3.77. The monoisotopic (exact) mass is 632 g/mol. The molecule has 1 aliphatic rings. The van der Waals surface area contributed by atoms with Crippen LogP contribution in [0.1, 0.15) is 25.0 Å². The van der Waals surface area contributed by atoms with Crippen LogP contribution in [0.15, 0.2) is 152 Å². The van der Waals surface area contributed by atoms with Crippen molar-refractivity contribution in [1.82, 2.24) is 4.98 Å². The Kier molecular flexibility index (Phi) is 5.82. The minimum Gasteiger partial charge on any atom is -0.353 e. The normalized spacial score (nSPS) is 13.4. The molecule has 48 heavy (non-hydrogen) atoms. The predicted octanol–water partition coefficient (Wildman–Crippen LogP) is 13.1. The first-order chi connectivity index (χ1) is 23.5. The van der Waals surface area contributed by atoms with Crippen LogP contribution in [0.5, 0.6) is 0 Å². The van der Waals surface area contributed by atoms with E-state index in [1.54, 1.807) is 0 Å². The zero-order chi connectivity index (χ0) is 32.0. The van der Waals surface area contributed by atoms with Gasteiger partial charge in [-0.1, -0.05) is 123 Å². The topological polar surface area (TPSA) is 19.0 Å². The highest BCUT2D eigenvalue weighted by atomic mass is 32.1. The molecular weight excluding hydrogens is 601 g/mol. The summed E-state index contributed by atoms with van der Waals surface area (Å²) in [5.41, 5.74) is 13.6. The van der Waals surface area contributed by atoms with Gasteiger partial charge in [-0.2, -0.15) is 0 Å². The summed E-state index contributed by atoms with van der Waals surface area (Å²) in [4.78, 5) is 6.27. The lowest BCUT2D eigenvalue weighted by Gasteiger charge is -2.28. The maximum atomic E-state index is 3.86. The van der Waals surface area contributed by atoms with Gasteiger partial charge < -0.3 is 9.88 Å². The molecule has 0 unspecified atom stereocenters. The van der Waals surface area contributed by atoms with Crippen molar-refractivity contribution in [2.45, 2.75) is 19.3 Å². The predicted molar refractivity (Wildman–Crippen MR) is 206 cm³/mol. The largest absolute Gasteiger partial charge is 0.353 e. The van der Waals surface area contributed by atoms with Gasteiger partial charge in [-0.25, -0.2) is 0 Å². The molecule has 1 N–H and O–H groups in total. The second kappa shape index (κ2) is 10.2. The van der Waals surface area contributed by atoms with E-state index in [1.165, 1.54) is 69.8 Å². The van der Waals surface area contributed by atoms with Crippen LogP contribution >= 0.6 is 11.3 Å². The van der Waals surface area contributed by atoms with Crippen molar-refractivity contribution in [3.63, 3.8) is 0 Å². The standard InChI is InChI=1S/C45H32N2S/c1-45(2)39-14-8-6-12-33(39)34-22-20-31(26-40(34)45)47(30-18-16-29(17-19-30)28-10-4-3-5-11-28)32-21-23-35-37-24-25-38-36-13-7-9-15-42(36)48-44(38)43(37)46-41(35)27-32/h3-27,46H,1-2H3. The number of hydrogen-bond donors (Lipinski definition) is 1. The highest BCUT2D eigenvalue weighted by Gasteiger charge is 2.35. The van der Waals surface area contributed by atoms with Gasteiger partial charge in [-0.15, -0.1) is 11.3 Å². The van der Waals surface area contributed by atoms with Crippen LogP contribution in [0, 0.1) is 0 Å². The maximum Gasteiger partial charge on any atom is 0.0646 e. The number of hydrogen-bond acceptors (Lipinski definition) is 2. The molecule has 0 bridgehead atoms. The minimum absolute atomic E-state index is 0.0818. The van der Waals surface area contributed by atoms with Gasteiger partial charge in [-0.3, -0.25) is 0 Å². The van der Waals surface area contributed by atoms with E-state index >= 15 is 0 Å². The fourth-order valence-electron chi connectivity index (χ4n) is 7.99. The summed E-state index contributed by atoms with van der Waals surface area (Å²) in [5.74, 6) is 0. The molecule has 7 aromatic carbocycles. The summed E-state index contributed by atoms with van der Waals surface area (Å²) in [6.45, 7) is 4.71. The molecule has 0 aliphatic heterocycles. The highest BCUT2D eigenvalue weighted by molar-refractivity contribution is 7.26. The van der Waals surface area contributed by atoms with E-state index in [0.29, 0.717) is 0 Å². The molecule has 0 spiro atoms. The zero-order valence-electron chi connectivity index (χ0n) is 26.8. The van der Waals surface area contributed by atoms with E-state index in [0.717, 1.165) is 22.6 Å². The quantitative estimate of drug-likeness (QED) is 0.205. The smallest absolute Gasteiger partial charge is 0.0646 e. The van der Waals surface area contributed by atoms with Gasteiger partial charge in [0.25, 0.3) is 0 Å². The first-order valence-electron chi connectivity index (χ1n) is 16.6. The number of aromatic nitrogens is 1. The number of aromatic amines is 1. The Morgan fingerprint density at radius 1 is 0.500 bits per heavy atom.